The Hall–Kier alpha value is -4.51. The summed E-state index contributed by atoms with van der Waals surface area (Å²) >= 11 is 0. The van der Waals surface area contributed by atoms with Gasteiger partial charge < -0.3 is 35.1 Å². The van der Waals surface area contributed by atoms with E-state index in [-0.39, 0.29) is 49.8 Å². The number of sulfonamides is 1. The molecule has 15 nitrogen and oxygen atoms in total. The van der Waals surface area contributed by atoms with Crippen LogP contribution in [0.2, 0.25) is 0 Å². The highest BCUT2D eigenvalue weighted by molar-refractivity contribution is 7.91. The molecule has 0 radical (unpaired) electrons. The first-order chi connectivity index (χ1) is 30.3. The number of hydrogen-bond donors (Lipinski definition) is 4. The lowest BCUT2D eigenvalue weighted by Gasteiger charge is -2.34. The smallest absolute Gasteiger partial charge is 0.408 e. The van der Waals surface area contributed by atoms with Gasteiger partial charge in [0.05, 0.1) is 22.4 Å². The molecule has 63 heavy (non-hydrogen) atoms. The molecule has 6 fully saturated rings. The number of halogens is 1. The summed E-state index contributed by atoms with van der Waals surface area (Å²) in [6.45, 7) is 6.16. The monoisotopic (exact) mass is 892 g/mol. The molecule has 7 aliphatic rings. The van der Waals surface area contributed by atoms with Crippen LogP contribution in [0.1, 0.15) is 109 Å². The second-order valence-electron chi connectivity index (χ2n) is 19.3. The Kier molecular flexibility index (Phi) is 12.1. The summed E-state index contributed by atoms with van der Waals surface area (Å²) in [6, 6.07) is 5.36. The first-order valence-corrected chi connectivity index (χ1v) is 24.7. The Morgan fingerprint density at radius 1 is 1.02 bits per heavy atom. The molecule has 4 amide bonds. The van der Waals surface area contributed by atoms with Gasteiger partial charge in [0, 0.05) is 24.3 Å². The van der Waals surface area contributed by atoms with Gasteiger partial charge in [-0.25, -0.2) is 22.6 Å². The summed E-state index contributed by atoms with van der Waals surface area (Å²) in [5.74, 6) is -1.70. The van der Waals surface area contributed by atoms with Crippen molar-refractivity contribution < 1.29 is 46.2 Å². The highest BCUT2D eigenvalue weighted by Crippen LogP contribution is 2.48. The third-order valence-corrected chi connectivity index (χ3v) is 17.0. The first-order valence-electron chi connectivity index (χ1n) is 23.2. The van der Waals surface area contributed by atoms with Gasteiger partial charge in [0.15, 0.2) is 0 Å². The molecular formula is C46H61FN6O9S. The molecule has 3 aliphatic heterocycles. The van der Waals surface area contributed by atoms with Crippen molar-refractivity contribution >= 4 is 44.7 Å². The number of para-hydroxylation sites is 1. The number of alkyl carbamates (subject to hydrolysis) is 1. The number of carbonyl (C=O) groups excluding carboxylic acids is 4. The third kappa shape index (κ3) is 8.97. The van der Waals surface area contributed by atoms with E-state index in [2.05, 4.69) is 27.3 Å². The third-order valence-electron chi connectivity index (χ3n) is 14.8. The van der Waals surface area contributed by atoms with Crippen LogP contribution in [-0.2, 0) is 35.6 Å². The van der Waals surface area contributed by atoms with E-state index in [1.54, 1.807) is 6.92 Å². The number of piperidine rings is 1. The van der Waals surface area contributed by atoms with Crippen LogP contribution in [0.3, 0.4) is 0 Å². The van der Waals surface area contributed by atoms with Crippen LogP contribution in [0.5, 0.6) is 11.6 Å². The summed E-state index contributed by atoms with van der Waals surface area (Å²) in [5, 5.41) is 9.64. The summed E-state index contributed by atoms with van der Waals surface area (Å²) in [4.78, 5) is 63.7. The number of alkyl halides is 1. The molecule has 2 unspecified atom stereocenters. The summed E-state index contributed by atoms with van der Waals surface area (Å²) in [7, 11) is -4.03. The minimum atomic E-state index is -4.03. The van der Waals surface area contributed by atoms with E-state index in [0.29, 0.717) is 61.9 Å². The number of nitrogens with one attached hydrogen (secondary N) is 4. The fourth-order valence-electron chi connectivity index (χ4n) is 10.3. The number of ether oxygens (including phenoxy) is 3. The molecular weight excluding hydrogens is 832 g/mol. The average Bonchev–Trinajstić information content (AvgIpc) is 4.23. The number of pyridine rings is 1. The maximum absolute atomic E-state index is 15.4. The molecule has 9 rings (SSSR count). The lowest BCUT2D eigenvalue weighted by molar-refractivity contribution is -0.142. The molecule has 1 aromatic carbocycles. The van der Waals surface area contributed by atoms with Crippen molar-refractivity contribution in [3.63, 3.8) is 0 Å². The average molecular weight is 893 g/mol. The summed E-state index contributed by atoms with van der Waals surface area (Å²) in [6.07, 6.45) is 8.25. The van der Waals surface area contributed by atoms with Gasteiger partial charge in [-0.2, -0.15) is 0 Å². The van der Waals surface area contributed by atoms with Crippen LogP contribution in [0.15, 0.2) is 36.9 Å². The minimum absolute atomic E-state index is 0.000963. The van der Waals surface area contributed by atoms with E-state index >= 15 is 9.18 Å². The SMILES string of the molecule is C=CC1CC1(NC(=O)[C@@H]1C[C@@H]2CN1C(=O)[C@H](C1CCCCC1)NC(=O)O[C@@H]1C[C@H]1CCCCCc1c(nc3ccccc3c1O[C@H]1CCNC[C@H]1F)O2)C(=O)NS(=O)(=O)C1(C)CC1. The molecule has 342 valence electrons. The fraction of sp³-hybridized carbons (Fsp3) is 0.674. The van der Waals surface area contributed by atoms with Crippen LogP contribution in [0.4, 0.5) is 9.18 Å². The van der Waals surface area contributed by atoms with E-state index in [1.807, 2.05) is 24.3 Å². The quantitative estimate of drug-likeness (QED) is 0.250. The molecule has 0 spiro atoms. The highest BCUT2D eigenvalue weighted by atomic mass is 32.2. The van der Waals surface area contributed by atoms with Crippen molar-refractivity contribution in [1.29, 1.82) is 0 Å². The molecule has 17 heteroatoms. The van der Waals surface area contributed by atoms with Gasteiger partial charge in [-0.15, -0.1) is 6.58 Å². The zero-order valence-electron chi connectivity index (χ0n) is 36.1. The second-order valence-corrected chi connectivity index (χ2v) is 21.5. The van der Waals surface area contributed by atoms with Gasteiger partial charge >= 0.3 is 6.09 Å². The van der Waals surface area contributed by atoms with Crippen molar-refractivity contribution in [2.24, 2.45) is 17.8 Å². The maximum Gasteiger partial charge on any atom is 0.408 e. The van der Waals surface area contributed by atoms with Crippen molar-refractivity contribution in [3.05, 3.63) is 42.5 Å². The number of hydrogen-bond acceptors (Lipinski definition) is 11. The van der Waals surface area contributed by atoms with E-state index < -0.39 is 80.5 Å². The number of nitrogens with zero attached hydrogens (tertiary/aromatic N) is 2. The lowest BCUT2D eigenvalue weighted by Crippen LogP contribution is -2.59. The molecule has 2 saturated heterocycles. The fourth-order valence-corrected chi connectivity index (χ4v) is 11.6. The molecule has 4 aliphatic carbocycles. The molecule has 4 N–H and O–H groups in total. The van der Waals surface area contributed by atoms with Gasteiger partial charge in [-0.05, 0) is 102 Å². The summed E-state index contributed by atoms with van der Waals surface area (Å²) in [5.41, 5.74) is -0.311. The van der Waals surface area contributed by atoms with Crippen LogP contribution in [0, 0.1) is 17.8 Å². The predicted octanol–water partition coefficient (Wildman–Crippen LogP) is 4.90. The lowest BCUT2D eigenvalue weighted by atomic mass is 9.83. The summed E-state index contributed by atoms with van der Waals surface area (Å²) < 4.78 is 62.4. The number of amides is 4. The molecule has 2 bridgehead atoms. The molecule has 4 heterocycles. The zero-order chi connectivity index (χ0) is 44.1. The Morgan fingerprint density at radius 3 is 2.49 bits per heavy atom. The van der Waals surface area contributed by atoms with E-state index in [4.69, 9.17) is 19.2 Å². The van der Waals surface area contributed by atoms with Crippen LogP contribution >= 0.6 is 0 Å². The first kappa shape index (κ1) is 43.7. The van der Waals surface area contributed by atoms with Crippen molar-refractivity contribution in [3.8, 4) is 11.6 Å². The van der Waals surface area contributed by atoms with Crippen molar-refractivity contribution in [1.82, 2.24) is 30.6 Å². The van der Waals surface area contributed by atoms with Crippen molar-refractivity contribution in [2.75, 3.05) is 19.6 Å². The number of carbonyl (C=O) groups is 4. The maximum atomic E-state index is 15.4. The number of aromatic nitrogens is 1. The van der Waals surface area contributed by atoms with Crippen LogP contribution in [0.25, 0.3) is 10.9 Å². The standard InChI is InChI=1S/C46H61FN6O9S/c1-3-29-24-46(29,43(56)52-63(58,59)45(2)19-20-45)51-40(54)35-23-30-26-53(35)42(55)38(27-12-6-4-7-13-27)50-44(57)62-37-22-28(37)14-8-5-9-16-32-39(61-36-18-21-48-25-33(36)47)31-15-10-11-17-34(31)49-41(32)60-30/h3,10-11,15,17,27-30,33,35-38,48H,1,4-9,12-14,16,18-26H2,2H3,(H,50,57)(H,51,54)(H,52,56)/t28-,29?,30-,33-,35+,36+,37-,38+,46?/m1/s1. The Bertz CT molecular complexity index is 2240. The number of rotatable bonds is 9. The Balaban J connectivity index is 1.07. The molecule has 2 aromatic rings. The van der Waals surface area contributed by atoms with E-state index in [1.165, 1.54) is 11.0 Å². The molecule has 4 saturated carbocycles. The van der Waals surface area contributed by atoms with E-state index in [9.17, 15) is 22.8 Å². The van der Waals surface area contributed by atoms with Crippen LogP contribution < -0.4 is 30.1 Å². The van der Waals surface area contributed by atoms with Gasteiger partial charge in [-0.1, -0.05) is 50.3 Å². The van der Waals surface area contributed by atoms with Crippen molar-refractivity contribution in [2.45, 2.75) is 157 Å². The van der Waals surface area contributed by atoms with Gasteiger partial charge in [0.2, 0.25) is 27.7 Å². The Labute approximate surface area is 368 Å². The zero-order valence-corrected chi connectivity index (χ0v) is 36.9. The predicted molar refractivity (Wildman–Crippen MR) is 231 cm³/mol. The van der Waals surface area contributed by atoms with Crippen LogP contribution in [-0.4, -0.2) is 109 Å². The highest BCUT2D eigenvalue weighted by Gasteiger charge is 2.63. The van der Waals surface area contributed by atoms with Gasteiger partial charge in [0.25, 0.3) is 5.91 Å². The molecule has 9 atom stereocenters. The molecule has 1 aromatic heterocycles. The van der Waals surface area contributed by atoms with Gasteiger partial charge in [0.1, 0.15) is 47.9 Å². The van der Waals surface area contributed by atoms with E-state index in [0.717, 1.165) is 56.8 Å². The van der Waals surface area contributed by atoms with Gasteiger partial charge in [-0.3, -0.25) is 19.1 Å². The Morgan fingerprint density at radius 2 is 1.76 bits per heavy atom. The number of fused-ring (bicyclic) bond motifs is 5. The minimum Gasteiger partial charge on any atom is -0.486 e. The number of benzene rings is 1. The topological polar surface area (TPSA) is 194 Å². The normalized spacial score (nSPS) is 33.5. The largest absolute Gasteiger partial charge is 0.486 e. The second kappa shape index (κ2) is 17.5.